The maximum atomic E-state index is 11.8. The van der Waals surface area contributed by atoms with Crippen LogP contribution in [0.2, 0.25) is 0 Å². The van der Waals surface area contributed by atoms with Crippen LogP contribution in [0.15, 0.2) is 64.8 Å². The minimum absolute atomic E-state index is 0.104. The van der Waals surface area contributed by atoms with Crippen molar-refractivity contribution in [3.8, 4) is 5.75 Å². The highest BCUT2D eigenvalue weighted by molar-refractivity contribution is 8.00. The molecule has 5 heteroatoms. The average molecular weight is 342 g/mol. The van der Waals surface area contributed by atoms with Crippen LogP contribution in [0.3, 0.4) is 0 Å². The molecule has 0 bridgehead atoms. The molecule has 1 aliphatic carbocycles. The van der Waals surface area contributed by atoms with Gasteiger partial charge < -0.3 is 4.74 Å². The maximum Gasteiger partial charge on any atom is 0.250 e. The van der Waals surface area contributed by atoms with E-state index >= 15 is 0 Å². The first kappa shape index (κ1) is 18.1. The van der Waals surface area contributed by atoms with Crippen molar-refractivity contribution in [2.24, 2.45) is 5.10 Å². The number of hydrogen-bond acceptors (Lipinski definition) is 4. The smallest absolute Gasteiger partial charge is 0.250 e. The predicted molar refractivity (Wildman–Crippen MR) is 102 cm³/mol. The van der Waals surface area contributed by atoms with E-state index in [1.165, 1.54) is 11.1 Å². The lowest BCUT2D eigenvalue weighted by molar-refractivity contribution is -0.118. The molecule has 0 unspecified atom stereocenters. The van der Waals surface area contributed by atoms with Crippen LogP contribution >= 0.6 is 11.8 Å². The number of ether oxygens (including phenoxy) is 1. The summed E-state index contributed by atoms with van der Waals surface area (Å²) in [6.45, 7) is 2.10. The molecule has 4 nitrogen and oxygen atoms in total. The van der Waals surface area contributed by atoms with Crippen LogP contribution in [0.5, 0.6) is 5.75 Å². The first-order valence-electron chi connectivity index (χ1n) is 7.75. The summed E-state index contributed by atoms with van der Waals surface area (Å²) in [6, 6.07) is 7.49. The largest absolute Gasteiger partial charge is 0.497 e. The molecule has 2 rings (SSSR count). The summed E-state index contributed by atoms with van der Waals surface area (Å²) in [5.41, 5.74) is 5.97. The minimum atomic E-state index is -0.104. The first-order valence-corrected chi connectivity index (χ1v) is 8.91. The zero-order valence-electron chi connectivity index (χ0n) is 14.0. The van der Waals surface area contributed by atoms with Crippen molar-refractivity contribution >= 4 is 23.9 Å². The van der Waals surface area contributed by atoms with Gasteiger partial charge in [0.25, 0.3) is 0 Å². The Balaban J connectivity index is 1.73. The van der Waals surface area contributed by atoms with Gasteiger partial charge in [0.05, 0.1) is 19.1 Å². The van der Waals surface area contributed by atoms with E-state index in [0.717, 1.165) is 23.5 Å². The Kier molecular flexibility index (Phi) is 7.36. The standard InChI is InChI=1S/C19H22N2O2S/c1-15-7-4-3-5-9-17(15)13-24-14-19(22)21-20-12-16-8-6-10-18(11-16)23-2/h3-4,6-12H,5,13-14H2,1-2H3,(H,21,22)/b20-12+. The van der Waals surface area contributed by atoms with Crippen LogP contribution in [-0.4, -0.2) is 30.7 Å². The number of hydrogen-bond donors (Lipinski definition) is 1. The summed E-state index contributed by atoms with van der Waals surface area (Å²) in [6.07, 6.45) is 11.1. The topological polar surface area (TPSA) is 50.7 Å². The van der Waals surface area contributed by atoms with Crippen LogP contribution in [-0.2, 0) is 4.79 Å². The molecule has 0 aliphatic heterocycles. The number of rotatable bonds is 7. The van der Waals surface area contributed by atoms with Gasteiger partial charge in [-0.25, -0.2) is 5.43 Å². The molecule has 0 radical (unpaired) electrons. The highest BCUT2D eigenvalue weighted by Crippen LogP contribution is 2.19. The summed E-state index contributed by atoms with van der Waals surface area (Å²) in [5, 5.41) is 3.98. The third-order valence-corrected chi connectivity index (χ3v) is 4.46. The van der Waals surface area contributed by atoms with Gasteiger partial charge in [-0.3, -0.25) is 4.79 Å². The van der Waals surface area contributed by atoms with Crippen LogP contribution in [0.4, 0.5) is 0 Å². The third-order valence-electron chi connectivity index (χ3n) is 3.48. The molecule has 1 aromatic carbocycles. The van der Waals surface area contributed by atoms with Gasteiger partial charge in [0.15, 0.2) is 0 Å². The van der Waals surface area contributed by atoms with Crippen molar-refractivity contribution < 1.29 is 9.53 Å². The molecular formula is C19H22N2O2S. The summed E-state index contributed by atoms with van der Waals surface area (Å²) in [7, 11) is 1.62. The molecule has 1 amide bonds. The summed E-state index contributed by atoms with van der Waals surface area (Å²) >= 11 is 1.59. The molecule has 1 aromatic rings. The molecule has 0 heterocycles. The van der Waals surface area contributed by atoms with Crippen molar-refractivity contribution in [1.82, 2.24) is 5.43 Å². The Labute approximate surface area is 147 Å². The van der Waals surface area contributed by atoms with Gasteiger partial charge in [-0.15, -0.1) is 11.8 Å². The number of amides is 1. The number of carbonyl (C=O) groups excluding carboxylic acids is 1. The quantitative estimate of drug-likeness (QED) is 0.607. The second-order valence-electron chi connectivity index (χ2n) is 5.31. The Morgan fingerprint density at radius 1 is 1.46 bits per heavy atom. The number of nitrogens with one attached hydrogen (secondary N) is 1. The zero-order chi connectivity index (χ0) is 17.2. The number of methoxy groups -OCH3 is 1. The number of benzene rings is 1. The van der Waals surface area contributed by atoms with Crippen LogP contribution in [0.25, 0.3) is 0 Å². The normalized spacial score (nSPS) is 14.1. The van der Waals surface area contributed by atoms with Gasteiger partial charge in [0.2, 0.25) is 5.91 Å². The van der Waals surface area contributed by atoms with Crippen LogP contribution < -0.4 is 10.2 Å². The van der Waals surface area contributed by atoms with Crippen molar-refractivity contribution in [2.75, 3.05) is 18.6 Å². The Morgan fingerprint density at radius 2 is 2.33 bits per heavy atom. The molecule has 0 aromatic heterocycles. The minimum Gasteiger partial charge on any atom is -0.497 e. The number of hydrazone groups is 1. The maximum absolute atomic E-state index is 11.8. The molecule has 1 aliphatic rings. The van der Waals surface area contributed by atoms with E-state index in [0.29, 0.717) is 5.75 Å². The predicted octanol–water partition coefficient (Wildman–Crippen LogP) is 3.71. The lowest BCUT2D eigenvalue weighted by Gasteiger charge is -2.06. The lowest BCUT2D eigenvalue weighted by Crippen LogP contribution is -2.20. The van der Waals surface area contributed by atoms with E-state index in [-0.39, 0.29) is 5.91 Å². The highest BCUT2D eigenvalue weighted by atomic mass is 32.2. The number of carbonyl (C=O) groups is 1. The van der Waals surface area contributed by atoms with Gasteiger partial charge in [-0.05, 0) is 42.2 Å². The Hall–Kier alpha value is -2.27. The van der Waals surface area contributed by atoms with E-state index < -0.39 is 0 Å². The zero-order valence-corrected chi connectivity index (χ0v) is 14.8. The van der Waals surface area contributed by atoms with Gasteiger partial charge in [0, 0.05) is 5.75 Å². The Bertz CT molecular complexity index is 690. The molecule has 126 valence electrons. The monoisotopic (exact) mass is 342 g/mol. The second kappa shape index (κ2) is 9.78. The van der Waals surface area contributed by atoms with Crippen LogP contribution in [0, 0.1) is 0 Å². The van der Waals surface area contributed by atoms with E-state index in [2.05, 4.69) is 41.8 Å². The third kappa shape index (κ3) is 6.08. The summed E-state index contributed by atoms with van der Waals surface area (Å²) in [4.78, 5) is 11.8. The number of nitrogens with zero attached hydrogens (tertiary/aromatic N) is 1. The highest BCUT2D eigenvalue weighted by Gasteiger charge is 2.05. The summed E-state index contributed by atoms with van der Waals surface area (Å²) < 4.78 is 5.14. The van der Waals surface area contributed by atoms with E-state index in [4.69, 9.17) is 4.74 Å². The average Bonchev–Trinajstić information content (AvgIpc) is 2.80. The van der Waals surface area contributed by atoms with Gasteiger partial charge in [-0.1, -0.05) is 36.4 Å². The molecule has 24 heavy (non-hydrogen) atoms. The SMILES string of the molecule is COc1cccc(/C=N/NC(=O)CSCC2=CCC=CC=C2C)c1. The molecule has 0 atom stereocenters. The fourth-order valence-corrected chi connectivity index (χ4v) is 3.05. The van der Waals surface area contributed by atoms with Gasteiger partial charge in [0.1, 0.15) is 5.75 Å². The molecule has 0 fully saturated rings. The fourth-order valence-electron chi connectivity index (χ4n) is 2.13. The van der Waals surface area contributed by atoms with Crippen molar-refractivity contribution in [1.29, 1.82) is 0 Å². The summed E-state index contributed by atoms with van der Waals surface area (Å²) in [5.74, 6) is 1.87. The van der Waals surface area contributed by atoms with E-state index in [1.54, 1.807) is 25.1 Å². The lowest BCUT2D eigenvalue weighted by atomic mass is 10.1. The second-order valence-corrected chi connectivity index (χ2v) is 6.29. The molecular weight excluding hydrogens is 320 g/mol. The molecule has 1 N–H and O–H groups in total. The van der Waals surface area contributed by atoms with Gasteiger partial charge in [-0.2, -0.15) is 5.10 Å². The van der Waals surface area contributed by atoms with Crippen LogP contribution in [0.1, 0.15) is 18.9 Å². The fraction of sp³-hybridized carbons (Fsp3) is 0.263. The van der Waals surface area contributed by atoms with Crippen molar-refractivity contribution in [3.63, 3.8) is 0 Å². The molecule has 0 saturated carbocycles. The van der Waals surface area contributed by atoms with Crippen molar-refractivity contribution in [2.45, 2.75) is 13.3 Å². The number of allylic oxidation sites excluding steroid dienone is 5. The van der Waals surface area contributed by atoms with E-state index in [1.807, 2.05) is 24.3 Å². The number of thioether (sulfide) groups is 1. The van der Waals surface area contributed by atoms with Crippen molar-refractivity contribution in [3.05, 3.63) is 65.3 Å². The first-order chi connectivity index (χ1) is 11.7. The molecule has 0 spiro atoms. The molecule has 0 saturated heterocycles. The Morgan fingerprint density at radius 3 is 3.17 bits per heavy atom. The van der Waals surface area contributed by atoms with Gasteiger partial charge >= 0.3 is 0 Å². The van der Waals surface area contributed by atoms with E-state index in [9.17, 15) is 4.79 Å².